The highest BCUT2D eigenvalue weighted by atomic mass is 16.6. The van der Waals surface area contributed by atoms with Crippen LogP contribution in [0.4, 0.5) is 11.4 Å². The lowest BCUT2D eigenvalue weighted by Crippen LogP contribution is -2.32. The summed E-state index contributed by atoms with van der Waals surface area (Å²) in [7, 11) is 0. The summed E-state index contributed by atoms with van der Waals surface area (Å²) < 4.78 is 5.14. The van der Waals surface area contributed by atoms with Gasteiger partial charge in [-0.3, -0.25) is 24.5 Å². The summed E-state index contributed by atoms with van der Waals surface area (Å²) in [6.07, 6.45) is 4.68. The topological polar surface area (TPSA) is 124 Å². The number of carbonyl (C=O) groups is 4. The van der Waals surface area contributed by atoms with Gasteiger partial charge >= 0.3 is 5.97 Å². The molecule has 9 heteroatoms. The fourth-order valence-electron chi connectivity index (χ4n) is 4.15. The standard InChI is InChI=1S/C24H20N2O7/c1-14-10-11-15(12-20(14)26(31)32)21(27)13-33-24(30)18-8-4-5-9-19(18)25-22(28)16-6-2-3-7-17(16)23(25)29/h2-5,8-12,16-17H,6-7,13H2,1H3. The number of fused-ring (bicyclic) bond motifs is 1. The molecule has 2 aromatic carbocycles. The molecule has 0 aromatic heterocycles. The van der Waals surface area contributed by atoms with Crippen molar-refractivity contribution in [2.75, 3.05) is 11.5 Å². The van der Waals surface area contributed by atoms with E-state index < -0.39 is 35.1 Å². The van der Waals surface area contributed by atoms with Crippen molar-refractivity contribution in [1.82, 2.24) is 0 Å². The van der Waals surface area contributed by atoms with Crippen LogP contribution in [0.25, 0.3) is 0 Å². The minimum atomic E-state index is -0.880. The Morgan fingerprint density at radius 1 is 1.06 bits per heavy atom. The number of allylic oxidation sites excluding steroid dienone is 2. The van der Waals surface area contributed by atoms with Crippen LogP contribution in [0.15, 0.2) is 54.6 Å². The second kappa shape index (κ2) is 8.78. The monoisotopic (exact) mass is 448 g/mol. The summed E-state index contributed by atoms with van der Waals surface area (Å²) >= 11 is 0. The van der Waals surface area contributed by atoms with E-state index in [1.54, 1.807) is 19.1 Å². The Labute approximate surface area is 188 Å². The number of nitrogens with zero attached hydrogens (tertiary/aromatic N) is 2. The number of ketones is 1. The number of imide groups is 1. The lowest BCUT2D eigenvalue weighted by Gasteiger charge is -2.18. The molecule has 0 saturated carbocycles. The highest BCUT2D eigenvalue weighted by Gasteiger charge is 2.48. The predicted molar refractivity (Wildman–Crippen MR) is 117 cm³/mol. The molecule has 9 nitrogen and oxygen atoms in total. The van der Waals surface area contributed by atoms with Gasteiger partial charge in [0.15, 0.2) is 6.61 Å². The molecule has 0 spiro atoms. The first-order valence-electron chi connectivity index (χ1n) is 10.4. The number of rotatable bonds is 6. The second-order valence-electron chi connectivity index (χ2n) is 7.94. The summed E-state index contributed by atoms with van der Waals surface area (Å²) in [4.78, 5) is 62.6. The van der Waals surface area contributed by atoms with Crippen LogP contribution < -0.4 is 4.90 Å². The normalized spacial score (nSPS) is 19.4. The zero-order chi connectivity index (χ0) is 23.7. The Morgan fingerprint density at radius 2 is 1.70 bits per heavy atom. The lowest BCUT2D eigenvalue weighted by atomic mass is 9.85. The van der Waals surface area contributed by atoms with Crippen LogP contribution in [-0.2, 0) is 14.3 Å². The van der Waals surface area contributed by atoms with E-state index in [9.17, 15) is 29.3 Å². The molecule has 1 aliphatic heterocycles. The number of anilines is 1. The highest BCUT2D eigenvalue weighted by molar-refractivity contribution is 6.24. The molecule has 1 saturated heterocycles. The molecular weight excluding hydrogens is 428 g/mol. The van der Waals surface area contributed by atoms with E-state index in [0.717, 1.165) is 11.0 Å². The second-order valence-corrected chi connectivity index (χ2v) is 7.94. The van der Waals surface area contributed by atoms with E-state index in [0.29, 0.717) is 18.4 Å². The highest BCUT2D eigenvalue weighted by Crippen LogP contribution is 2.38. The van der Waals surface area contributed by atoms with E-state index >= 15 is 0 Å². The van der Waals surface area contributed by atoms with Crippen molar-refractivity contribution in [3.8, 4) is 0 Å². The largest absolute Gasteiger partial charge is 0.454 e. The van der Waals surface area contributed by atoms with Crippen LogP contribution in [0.5, 0.6) is 0 Å². The Morgan fingerprint density at radius 3 is 2.33 bits per heavy atom. The van der Waals surface area contributed by atoms with Gasteiger partial charge in [-0.05, 0) is 31.9 Å². The molecule has 0 bridgehead atoms. The van der Waals surface area contributed by atoms with Crippen LogP contribution in [0, 0.1) is 28.9 Å². The van der Waals surface area contributed by atoms with E-state index in [4.69, 9.17) is 4.74 Å². The Hall–Kier alpha value is -4.14. The zero-order valence-corrected chi connectivity index (χ0v) is 17.7. The molecule has 2 unspecified atom stereocenters. The SMILES string of the molecule is Cc1ccc(C(=O)COC(=O)c2ccccc2N2C(=O)C3CC=CCC3C2=O)cc1[N+](=O)[O-]. The molecule has 0 radical (unpaired) electrons. The summed E-state index contributed by atoms with van der Waals surface area (Å²) in [5.74, 6) is -3.13. The number of Topliss-reactive ketones (excluding diaryl/α,β-unsaturated/α-hetero) is 1. The third-order valence-corrected chi connectivity index (χ3v) is 5.93. The van der Waals surface area contributed by atoms with Gasteiger partial charge < -0.3 is 4.74 Å². The van der Waals surface area contributed by atoms with Crippen molar-refractivity contribution in [2.45, 2.75) is 19.8 Å². The van der Waals surface area contributed by atoms with Crippen molar-refractivity contribution in [2.24, 2.45) is 11.8 Å². The van der Waals surface area contributed by atoms with Gasteiger partial charge in [0.25, 0.3) is 5.69 Å². The average molecular weight is 448 g/mol. The number of nitro benzene ring substituents is 1. The minimum Gasteiger partial charge on any atom is -0.454 e. The van der Waals surface area contributed by atoms with Gasteiger partial charge in [0.05, 0.1) is 28.0 Å². The first-order valence-corrected chi connectivity index (χ1v) is 10.4. The number of aryl methyl sites for hydroxylation is 1. The third-order valence-electron chi connectivity index (χ3n) is 5.93. The molecule has 0 N–H and O–H groups in total. The summed E-state index contributed by atoms with van der Waals surface area (Å²) in [6.45, 7) is 0.904. The van der Waals surface area contributed by atoms with Crippen molar-refractivity contribution in [3.05, 3.63) is 81.4 Å². The molecule has 2 aromatic rings. The van der Waals surface area contributed by atoms with E-state index in [1.807, 2.05) is 12.2 Å². The first kappa shape index (κ1) is 22.1. The molecule has 1 heterocycles. The van der Waals surface area contributed by atoms with Crippen LogP contribution >= 0.6 is 0 Å². The lowest BCUT2D eigenvalue weighted by molar-refractivity contribution is -0.385. The van der Waals surface area contributed by atoms with Crippen LogP contribution in [0.3, 0.4) is 0 Å². The molecule has 4 rings (SSSR count). The molecule has 33 heavy (non-hydrogen) atoms. The molecule has 1 fully saturated rings. The Bertz CT molecular complexity index is 1190. The summed E-state index contributed by atoms with van der Waals surface area (Å²) in [6, 6.07) is 10.1. The Kier molecular flexibility index (Phi) is 5.87. The number of hydrogen-bond acceptors (Lipinski definition) is 7. The van der Waals surface area contributed by atoms with Crippen molar-refractivity contribution in [1.29, 1.82) is 0 Å². The molecule has 2 atom stereocenters. The number of nitro groups is 1. The van der Waals surface area contributed by atoms with Crippen molar-refractivity contribution >= 4 is 34.9 Å². The predicted octanol–water partition coefficient (Wildman–Crippen LogP) is 3.40. The maximum absolute atomic E-state index is 12.9. The number of hydrogen-bond donors (Lipinski definition) is 0. The maximum atomic E-state index is 12.9. The van der Waals surface area contributed by atoms with Crippen molar-refractivity contribution in [3.63, 3.8) is 0 Å². The average Bonchev–Trinajstić information content (AvgIpc) is 3.07. The number of esters is 1. The quantitative estimate of drug-likeness (QED) is 0.166. The number of amides is 2. The third kappa shape index (κ3) is 4.05. The van der Waals surface area contributed by atoms with Crippen LogP contribution in [-0.4, -0.2) is 35.1 Å². The number of carbonyl (C=O) groups excluding carboxylic acids is 4. The van der Waals surface area contributed by atoms with Gasteiger partial charge in [0, 0.05) is 17.2 Å². The van der Waals surface area contributed by atoms with Gasteiger partial charge in [0.1, 0.15) is 0 Å². The van der Waals surface area contributed by atoms with Gasteiger partial charge in [-0.1, -0.05) is 36.4 Å². The van der Waals surface area contributed by atoms with Crippen LogP contribution in [0.1, 0.15) is 39.1 Å². The summed E-state index contributed by atoms with van der Waals surface area (Å²) in [5, 5.41) is 11.1. The smallest absolute Gasteiger partial charge is 0.340 e. The zero-order valence-electron chi connectivity index (χ0n) is 17.7. The fourth-order valence-corrected chi connectivity index (χ4v) is 4.15. The summed E-state index contributed by atoms with van der Waals surface area (Å²) in [5.41, 5.74) is 0.325. The van der Waals surface area contributed by atoms with E-state index in [-0.39, 0.29) is 34.3 Å². The fraction of sp³-hybridized carbons (Fsp3) is 0.250. The number of ether oxygens (including phenoxy) is 1. The minimum absolute atomic E-state index is 0.0199. The van der Waals surface area contributed by atoms with Gasteiger partial charge in [0.2, 0.25) is 17.6 Å². The van der Waals surface area contributed by atoms with Crippen LogP contribution in [0.2, 0.25) is 0 Å². The van der Waals surface area contributed by atoms with Crippen molar-refractivity contribution < 1.29 is 28.8 Å². The molecule has 1 aliphatic carbocycles. The van der Waals surface area contributed by atoms with Gasteiger partial charge in [-0.25, -0.2) is 9.69 Å². The maximum Gasteiger partial charge on any atom is 0.340 e. The first-order chi connectivity index (χ1) is 15.8. The molecular formula is C24H20N2O7. The van der Waals surface area contributed by atoms with E-state index in [1.165, 1.54) is 24.3 Å². The number of para-hydroxylation sites is 1. The van der Waals surface area contributed by atoms with Gasteiger partial charge in [-0.15, -0.1) is 0 Å². The Balaban J connectivity index is 1.52. The molecule has 168 valence electrons. The van der Waals surface area contributed by atoms with Gasteiger partial charge in [-0.2, -0.15) is 0 Å². The molecule has 2 amide bonds. The number of benzene rings is 2. The van der Waals surface area contributed by atoms with E-state index in [2.05, 4.69) is 0 Å². The molecule has 2 aliphatic rings.